The summed E-state index contributed by atoms with van der Waals surface area (Å²) in [5.41, 5.74) is -2.29. The molecule has 37 heavy (non-hydrogen) atoms. The minimum Gasteiger partial charge on any atom is -0.467 e. The highest BCUT2D eigenvalue weighted by atomic mass is 35.5. The number of nitrogens with one attached hydrogen (secondary N) is 1. The first kappa shape index (κ1) is 29.5. The number of aliphatic hydroxyl groups excluding tert-OH is 1. The van der Waals surface area contributed by atoms with Crippen LogP contribution in [0, 0.1) is 5.82 Å². The van der Waals surface area contributed by atoms with Gasteiger partial charge in [0.15, 0.2) is 24.1 Å². The van der Waals surface area contributed by atoms with Crippen molar-refractivity contribution in [2.75, 3.05) is 11.9 Å². The van der Waals surface area contributed by atoms with Crippen molar-refractivity contribution in [2.24, 2.45) is 7.05 Å². The molecule has 2 N–H and O–H groups in total. The summed E-state index contributed by atoms with van der Waals surface area (Å²) >= 11 is 5.98. The van der Waals surface area contributed by atoms with Crippen LogP contribution in [-0.4, -0.2) is 47.7 Å². The number of hydrogen-bond acceptors (Lipinski definition) is 7. The summed E-state index contributed by atoms with van der Waals surface area (Å²) < 4.78 is 60.4. The molecule has 0 bridgehead atoms. The maximum absolute atomic E-state index is 15.0. The number of anilines is 1. The molecule has 0 aliphatic rings. The monoisotopic (exact) mass is 550 g/mol. The summed E-state index contributed by atoms with van der Waals surface area (Å²) in [5.74, 6) is -4.73. The predicted octanol–water partition coefficient (Wildman–Crippen LogP) is 2.65. The van der Waals surface area contributed by atoms with E-state index in [0.29, 0.717) is 10.7 Å². The molecule has 0 radical (unpaired) electrons. The van der Waals surface area contributed by atoms with Crippen molar-refractivity contribution in [1.29, 1.82) is 0 Å². The van der Waals surface area contributed by atoms with Gasteiger partial charge in [0.1, 0.15) is 18.0 Å². The van der Waals surface area contributed by atoms with Crippen LogP contribution < -0.4 is 21.3 Å². The minimum atomic E-state index is -4.85. The van der Waals surface area contributed by atoms with E-state index >= 15 is 0 Å². The number of rotatable bonds is 7. The second-order valence-corrected chi connectivity index (χ2v) is 7.35. The lowest BCUT2D eigenvalue weighted by molar-refractivity contribution is -0.154. The maximum atomic E-state index is 15.0. The van der Waals surface area contributed by atoms with Gasteiger partial charge in [-0.25, -0.2) is 9.18 Å². The molecule has 0 saturated heterocycles. The fourth-order valence-electron chi connectivity index (χ4n) is 2.97. The Hall–Kier alpha value is -3.72. The van der Waals surface area contributed by atoms with Crippen molar-refractivity contribution in [1.82, 2.24) is 23.9 Å². The number of pyridine rings is 2. The third kappa shape index (κ3) is 6.54. The van der Waals surface area contributed by atoms with Crippen LogP contribution in [0.25, 0.3) is 5.82 Å². The van der Waals surface area contributed by atoms with Crippen molar-refractivity contribution >= 4 is 23.3 Å². The zero-order valence-corrected chi connectivity index (χ0v) is 20.8. The number of aliphatic hydroxyl groups is 1. The Kier molecular flexibility index (Phi) is 9.58. The van der Waals surface area contributed by atoms with E-state index in [4.69, 9.17) is 11.6 Å². The smallest absolute Gasteiger partial charge is 0.422 e. The van der Waals surface area contributed by atoms with Crippen molar-refractivity contribution in [2.45, 2.75) is 40.1 Å². The lowest BCUT2D eigenvalue weighted by Crippen LogP contribution is -2.27. The molecule has 3 aromatic heterocycles. The molecule has 0 spiro atoms. The van der Waals surface area contributed by atoms with Crippen LogP contribution in [0.2, 0.25) is 5.02 Å². The molecular weight excluding hydrogens is 528 g/mol. The molecule has 0 aliphatic carbocycles. The van der Waals surface area contributed by atoms with Crippen LogP contribution in [0.1, 0.15) is 37.0 Å². The summed E-state index contributed by atoms with van der Waals surface area (Å²) in [4.78, 5) is 40.8. The normalized spacial score (nSPS) is 11.1. The van der Waals surface area contributed by atoms with Gasteiger partial charge in [-0.1, -0.05) is 25.4 Å². The number of carbonyl (C=O) groups is 1. The molecule has 3 heterocycles. The first-order valence-electron chi connectivity index (χ1n) is 10.7. The van der Waals surface area contributed by atoms with E-state index in [1.807, 2.05) is 13.8 Å². The minimum absolute atomic E-state index is 0.0464. The molecule has 11 nitrogen and oxygen atoms in total. The summed E-state index contributed by atoms with van der Waals surface area (Å²) in [5, 5.41) is 15.2. The molecule has 3 rings (SSSR count). The number of ether oxygens (including phenoxy) is 1. The van der Waals surface area contributed by atoms with Crippen LogP contribution in [0.3, 0.4) is 0 Å². The van der Waals surface area contributed by atoms with Gasteiger partial charge in [0.2, 0.25) is 5.88 Å². The highest BCUT2D eigenvalue weighted by Crippen LogP contribution is 2.26. The number of nitrogens with zero attached hydrogens (tertiary/aromatic N) is 5. The molecule has 3 aromatic rings. The van der Waals surface area contributed by atoms with Gasteiger partial charge in [-0.05, 0) is 19.1 Å². The summed E-state index contributed by atoms with van der Waals surface area (Å²) in [6, 6.07) is 2.78. The molecule has 1 amide bonds. The Bertz CT molecular complexity index is 1400. The molecule has 202 valence electrons. The van der Waals surface area contributed by atoms with Gasteiger partial charge in [-0.3, -0.25) is 18.7 Å². The summed E-state index contributed by atoms with van der Waals surface area (Å²) in [6.07, 6.45) is -4.85. The predicted molar refractivity (Wildman–Crippen MR) is 125 cm³/mol. The van der Waals surface area contributed by atoms with Gasteiger partial charge >= 0.3 is 11.9 Å². The zero-order chi connectivity index (χ0) is 28.1. The molecule has 0 fully saturated rings. The number of alkyl halides is 3. The van der Waals surface area contributed by atoms with Crippen LogP contribution in [-0.2, 0) is 20.2 Å². The first-order chi connectivity index (χ1) is 17.4. The van der Waals surface area contributed by atoms with Gasteiger partial charge in [-0.15, -0.1) is 5.10 Å². The van der Waals surface area contributed by atoms with Gasteiger partial charge in [0, 0.05) is 19.7 Å². The Balaban J connectivity index is 0.00000235. The molecule has 0 saturated carbocycles. The van der Waals surface area contributed by atoms with E-state index in [0.717, 1.165) is 15.2 Å². The standard InChI is InChI=1S/C19H17ClF4N6O5.C2H6/c1-3-29-12(7-31)27-30(18(29)34)15-11(21)6-9(17(26-15)35-8-19(22,23)24)16(33)25-14-10(20)4-5-13(32)28(14)2;1-2/h4-6,31H,3,7-8H2,1-2H3,(H,25,33);1-2H3. The Labute approximate surface area is 211 Å². The Morgan fingerprint density at radius 1 is 1.24 bits per heavy atom. The van der Waals surface area contributed by atoms with Crippen LogP contribution in [0.5, 0.6) is 5.88 Å². The molecule has 0 aliphatic heterocycles. The number of carbonyl (C=O) groups excluding carboxylic acids is 1. The van der Waals surface area contributed by atoms with E-state index in [-0.39, 0.29) is 23.2 Å². The molecule has 0 unspecified atom stereocenters. The highest BCUT2D eigenvalue weighted by Gasteiger charge is 2.31. The van der Waals surface area contributed by atoms with Crippen LogP contribution in [0.4, 0.5) is 23.4 Å². The quantitative estimate of drug-likeness (QED) is 0.432. The number of amides is 1. The first-order valence-corrected chi connectivity index (χ1v) is 11.1. The molecule has 16 heteroatoms. The average molecular weight is 551 g/mol. The lowest BCUT2D eigenvalue weighted by Gasteiger charge is -2.15. The fourth-order valence-corrected chi connectivity index (χ4v) is 3.20. The number of aromatic nitrogens is 5. The second-order valence-electron chi connectivity index (χ2n) is 6.94. The number of hydrogen-bond donors (Lipinski definition) is 2. The van der Waals surface area contributed by atoms with Crippen LogP contribution in [0.15, 0.2) is 27.8 Å². The SMILES string of the molecule is CC.CCn1c(CO)nn(-c2nc(OCC(F)(F)F)c(C(=O)Nc3c(Cl)ccc(=O)n3C)cc2F)c1=O. The number of halogens is 5. The van der Waals surface area contributed by atoms with E-state index in [9.17, 15) is 37.1 Å². The molecule has 0 atom stereocenters. The fraction of sp³-hybridized carbons (Fsp3) is 0.381. The average Bonchev–Trinajstić information content (AvgIpc) is 3.18. The van der Waals surface area contributed by atoms with Crippen molar-refractivity contribution < 1.29 is 32.2 Å². The topological polar surface area (TPSA) is 133 Å². The van der Waals surface area contributed by atoms with Gasteiger partial charge in [0.05, 0.1) is 5.02 Å². The summed E-state index contributed by atoms with van der Waals surface area (Å²) in [6.45, 7) is 3.01. The van der Waals surface area contributed by atoms with E-state index in [1.54, 1.807) is 6.92 Å². The largest absolute Gasteiger partial charge is 0.467 e. The van der Waals surface area contributed by atoms with Gasteiger partial charge in [-0.2, -0.15) is 22.8 Å². The van der Waals surface area contributed by atoms with Gasteiger partial charge < -0.3 is 15.2 Å². The lowest BCUT2D eigenvalue weighted by atomic mass is 10.2. The van der Waals surface area contributed by atoms with Crippen molar-refractivity contribution in [3.63, 3.8) is 0 Å². The van der Waals surface area contributed by atoms with Crippen molar-refractivity contribution in [3.8, 4) is 11.7 Å². The molecular formula is C21H23ClF4N6O5. The van der Waals surface area contributed by atoms with Crippen molar-refractivity contribution in [3.05, 3.63) is 61.3 Å². The third-order valence-electron chi connectivity index (χ3n) is 4.63. The zero-order valence-electron chi connectivity index (χ0n) is 20.1. The van der Waals surface area contributed by atoms with Gasteiger partial charge in [0.25, 0.3) is 11.5 Å². The van der Waals surface area contributed by atoms with E-state index < -0.39 is 59.6 Å². The Morgan fingerprint density at radius 2 is 1.89 bits per heavy atom. The summed E-state index contributed by atoms with van der Waals surface area (Å²) in [7, 11) is 1.27. The second kappa shape index (κ2) is 12.0. The highest BCUT2D eigenvalue weighted by molar-refractivity contribution is 6.33. The van der Waals surface area contributed by atoms with E-state index in [2.05, 4.69) is 20.1 Å². The Morgan fingerprint density at radius 3 is 2.43 bits per heavy atom. The third-order valence-corrected chi connectivity index (χ3v) is 4.94. The van der Waals surface area contributed by atoms with E-state index in [1.165, 1.54) is 13.1 Å². The maximum Gasteiger partial charge on any atom is 0.422 e. The van der Waals surface area contributed by atoms with Crippen LogP contribution >= 0.6 is 11.6 Å². The molecule has 0 aromatic carbocycles.